The molecule has 0 aliphatic carbocycles. The summed E-state index contributed by atoms with van der Waals surface area (Å²) in [5, 5.41) is 8.46. The van der Waals surface area contributed by atoms with Crippen LogP contribution < -0.4 is 0 Å². The van der Waals surface area contributed by atoms with Crippen molar-refractivity contribution >= 4 is 12.1 Å². The molecular weight excluding hydrogens is 164 g/mol. The molecule has 0 amide bonds. The molecule has 12 heavy (non-hydrogen) atoms. The first-order valence-electron chi connectivity index (χ1n) is 3.22. The molecule has 0 saturated carbocycles. The zero-order chi connectivity index (χ0) is 9.56. The van der Waals surface area contributed by atoms with Gasteiger partial charge in [-0.05, 0) is 13.0 Å². The number of allylic oxidation sites excluding steroid dienone is 1. The topological polar surface area (TPSA) is 72.8 Å². The van der Waals surface area contributed by atoms with E-state index in [2.05, 4.69) is 9.47 Å². The molecule has 5 heteroatoms. The Morgan fingerprint density at radius 1 is 1.50 bits per heavy atom. The molecule has 0 fully saturated rings. The van der Waals surface area contributed by atoms with Crippen molar-refractivity contribution in [2.24, 2.45) is 0 Å². The maximum absolute atomic E-state index is 10.5. The lowest BCUT2D eigenvalue weighted by Gasteiger charge is -2.07. The van der Waals surface area contributed by atoms with Gasteiger partial charge < -0.3 is 14.6 Å². The van der Waals surface area contributed by atoms with Crippen LogP contribution >= 0.6 is 0 Å². The van der Waals surface area contributed by atoms with Crippen LogP contribution in [0.15, 0.2) is 12.2 Å². The van der Waals surface area contributed by atoms with E-state index in [1.807, 2.05) is 0 Å². The second kappa shape index (κ2) is 5.17. The summed E-state index contributed by atoms with van der Waals surface area (Å²) in [6.45, 7) is 1.62. The number of carbonyl (C=O) groups excluding carboxylic acids is 1. The lowest BCUT2D eigenvalue weighted by Crippen LogP contribution is -2.24. The van der Waals surface area contributed by atoms with Gasteiger partial charge in [-0.3, -0.25) is 0 Å². The van der Waals surface area contributed by atoms with Gasteiger partial charge in [0.15, 0.2) is 0 Å². The minimum absolute atomic E-state index is 1.01. The molecule has 0 aromatic heterocycles. The molecule has 1 atom stereocenters. The summed E-state index contributed by atoms with van der Waals surface area (Å²) in [5.74, 6) is -1.24. The lowest BCUT2D eigenvalue weighted by atomic mass is 10.3. The van der Waals surface area contributed by atoms with Crippen molar-refractivity contribution < 1.29 is 24.2 Å². The summed E-state index contributed by atoms with van der Waals surface area (Å²) in [6.07, 6.45) is 0.420. The van der Waals surface area contributed by atoms with Crippen molar-refractivity contribution in [3.63, 3.8) is 0 Å². The number of aliphatic carboxylic acids is 1. The molecule has 0 rings (SSSR count). The SMILES string of the molecule is CC=CC(OC(=O)OC)C(=O)O. The van der Waals surface area contributed by atoms with Gasteiger partial charge in [-0.2, -0.15) is 0 Å². The molecule has 5 nitrogen and oxygen atoms in total. The fourth-order valence-corrected chi connectivity index (χ4v) is 0.499. The third kappa shape index (κ3) is 3.60. The lowest BCUT2D eigenvalue weighted by molar-refractivity contribution is -0.145. The maximum Gasteiger partial charge on any atom is 0.509 e. The Labute approximate surface area is 69.6 Å². The second-order valence-corrected chi connectivity index (χ2v) is 1.86. The molecule has 0 aromatic rings. The van der Waals surface area contributed by atoms with E-state index in [9.17, 15) is 9.59 Å². The fraction of sp³-hybridized carbons (Fsp3) is 0.429. The molecule has 0 bridgehead atoms. The summed E-state index contributed by atoms with van der Waals surface area (Å²) in [4.78, 5) is 20.8. The molecule has 0 aromatic carbocycles. The van der Waals surface area contributed by atoms with Gasteiger partial charge in [0.2, 0.25) is 6.10 Å². The summed E-state index contributed by atoms with van der Waals surface area (Å²) in [5.41, 5.74) is 0. The Morgan fingerprint density at radius 3 is 2.42 bits per heavy atom. The van der Waals surface area contributed by atoms with Gasteiger partial charge in [0.1, 0.15) is 0 Å². The van der Waals surface area contributed by atoms with Crippen LogP contribution in [0.3, 0.4) is 0 Å². The molecule has 68 valence electrons. The predicted octanol–water partition coefficient (Wildman–Crippen LogP) is 0.799. The normalized spacial score (nSPS) is 12.5. The number of methoxy groups -OCH3 is 1. The number of rotatable bonds is 3. The van der Waals surface area contributed by atoms with Gasteiger partial charge in [-0.15, -0.1) is 0 Å². The van der Waals surface area contributed by atoms with Gasteiger partial charge >= 0.3 is 12.1 Å². The number of carbonyl (C=O) groups is 2. The van der Waals surface area contributed by atoms with E-state index in [1.54, 1.807) is 6.92 Å². The second-order valence-electron chi connectivity index (χ2n) is 1.86. The number of carboxylic acids is 1. The van der Waals surface area contributed by atoms with E-state index in [-0.39, 0.29) is 0 Å². The van der Waals surface area contributed by atoms with Crippen LogP contribution in [0.2, 0.25) is 0 Å². The standard InChI is InChI=1S/C7H10O5/c1-3-4-5(6(8)9)12-7(10)11-2/h3-5H,1-2H3,(H,8,9). The van der Waals surface area contributed by atoms with E-state index in [1.165, 1.54) is 12.2 Å². The average Bonchev–Trinajstić information content (AvgIpc) is 2.03. The number of ether oxygens (including phenoxy) is 2. The highest BCUT2D eigenvalue weighted by Gasteiger charge is 2.18. The summed E-state index contributed by atoms with van der Waals surface area (Å²) >= 11 is 0. The van der Waals surface area contributed by atoms with E-state index >= 15 is 0 Å². The molecule has 1 N–H and O–H groups in total. The van der Waals surface area contributed by atoms with Gasteiger partial charge in [0, 0.05) is 0 Å². The molecule has 0 saturated heterocycles. The third-order valence-corrected chi connectivity index (χ3v) is 1.00. The number of hydrogen-bond donors (Lipinski definition) is 1. The van der Waals surface area contributed by atoms with Crippen molar-refractivity contribution in [3.8, 4) is 0 Å². The van der Waals surface area contributed by atoms with E-state index in [4.69, 9.17) is 5.11 Å². The largest absolute Gasteiger partial charge is 0.509 e. The van der Waals surface area contributed by atoms with Crippen molar-refractivity contribution in [1.29, 1.82) is 0 Å². The Kier molecular flexibility index (Phi) is 4.52. The third-order valence-electron chi connectivity index (χ3n) is 1.00. The minimum atomic E-state index is -1.28. The minimum Gasteiger partial charge on any atom is -0.478 e. The quantitative estimate of drug-likeness (QED) is 0.506. The van der Waals surface area contributed by atoms with Crippen LogP contribution in [0.1, 0.15) is 6.92 Å². The van der Waals surface area contributed by atoms with E-state index in [0.717, 1.165) is 7.11 Å². The number of hydrogen-bond acceptors (Lipinski definition) is 4. The Morgan fingerprint density at radius 2 is 2.08 bits per heavy atom. The Bertz CT molecular complexity index is 196. The first-order valence-corrected chi connectivity index (χ1v) is 3.22. The Balaban J connectivity index is 4.13. The molecule has 0 aliphatic rings. The van der Waals surface area contributed by atoms with Crippen LogP contribution in [0, 0.1) is 0 Å². The van der Waals surface area contributed by atoms with Crippen LogP contribution in [0.25, 0.3) is 0 Å². The molecule has 0 heterocycles. The van der Waals surface area contributed by atoms with Gasteiger partial charge in [-0.25, -0.2) is 9.59 Å². The summed E-state index contributed by atoms with van der Waals surface area (Å²) in [7, 11) is 1.11. The Hall–Kier alpha value is -1.52. The fourth-order valence-electron chi connectivity index (χ4n) is 0.499. The van der Waals surface area contributed by atoms with Crippen molar-refractivity contribution in [1.82, 2.24) is 0 Å². The first-order chi connectivity index (χ1) is 5.61. The van der Waals surface area contributed by atoms with Crippen molar-refractivity contribution in [3.05, 3.63) is 12.2 Å². The maximum atomic E-state index is 10.5. The van der Waals surface area contributed by atoms with Crippen molar-refractivity contribution in [2.45, 2.75) is 13.0 Å². The van der Waals surface area contributed by atoms with Crippen LogP contribution in [-0.2, 0) is 14.3 Å². The highest BCUT2D eigenvalue weighted by Crippen LogP contribution is 1.97. The highest BCUT2D eigenvalue weighted by atomic mass is 16.7. The first kappa shape index (κ1) is 10.5. The molecule has 1 unspecified atom stereocenters. The van der Waals surface area contributed by atoms with E-state index in [0.29, 0.717) is 0 Å². The molecule has 0 spiro atoms. The zero-order valence-corrected chi connectivity index (χ0v) is 6.81. The smallest absolute Gasteiger partial charge is 0.478 e. The van der Waals surface area contributed by atoms with Crippen LogP contribution in [-0.4, -0.2) is 30.4 Å². The number of carboxylic acid groups (broad SMARTS) is 1. The predicted molar refractivity (Wildman–Crippen MR) is 39.7 cm³/mol. The average molecular weight is 174 g/mol. The van der Waals surface area contributed by atoms with Gasteiger partial charge in [-0.1, -0.05) is 6.08 Å². The van der Waals surface area contributed by atoms with Gasteiger partial charge in [0.25, 0.3) is 0 Å². The monoisotopic (exact) mass is 174 g/mol. The van der Waals surface area contributed by atoms with Crippen LogP contribution in [0.4, 0.5) is 4.79 Å². The van der Waals surface area contributed by atoms with Gasteiger partial charge in [0.05, 0.1) is 7.11 Å². The molecule has 0 radical (unpaired) electrons. The van der Waals surface area contributed by atoms with Crippen molar-refractivity contribution in [2.75, 3.05) is 7.11 Å². The summed E-state index contributed by atoms with van der Waals surface area (Å²) < 4.78 is 8.47. The summed E-state index contributed by atoms with van der Waals surface area (Å²) in [6, 6.07) is 0. The zero-order valence-electron chi connectivity index (χ0n) is 6.81. The molecular formula is C7H10O5. The van der Waals surface area contributed by atoms with E-state index < -0.39 is 18.2 Å². The highest BCUT2D eigenvalue weighted by molar-refractivity contribution is 5.77. The van der Waals surface area contributed by atoms with Crippen LogP contribution in [0.5, 0.6) is 0 Å². The molecule has 0 aliphatic heterocycles.